The molecule has 1 atom stereocenters. The number of carbonyl (C=O) groups excluding carboxylic acids is 1. The average molecular weight is 147 g/mol. The Bertz CT molecular complexity index is 145. The van der Waals surface area contributed by atoms with Crippen molar-refractivity contribution in [1.82, 2.24) is 5.32 Å². The highest BCUT2D eigenvalue weighted by atomic mass is 16.5. The first-order valence-corrected chi connectivity index (χ1v) is 2.65. The molecule has 0 saturated heterocycles. The van der Waals surface area contributed by atoms with Gasteiger partial charge in [-0.3, -0.25) is 4.79 Å². The molecule has 5 nitrogen and oxygen atoms in total. The fourth-order valence-corrected chi connectivity index (χ4v) is 0.297. The first kappa shape index (κ1) is 8.74. The van der Waals surface area contributed by atoms with Gasteiger partial charge in [0.25, 0.3) is 0 Å². The second-order valence-corrected chi connectivity index (χ2v) is 1.70. The maximum Gasteiger partial charge on any atom is 0.407 e. The van der Waals surface area contributed by atoms with Gasteiger partial charge in [-0.2, -0.15) is 0 Å². The molecule has 0 bridgehead atoms. The number of carboxylic acid groups (broad SMARTS) is 1. The number of aliphatic carboxylic acids is 1. The number of carbonyl (C=O) groups is 2. The molecule has 0 rings (SSSR count). The van der Waals surface area contributed by atoms with Crippen LogP contribution in [0.15, 0.2) is 0 Å². The summed E-state index contributed by atoms with van der Waals surface area (Å²) < 4.78 is 4.16. The number of amides is 1. The van der Waals surface area contributed by atoms with Crippen molar-refractivity contribution in [3.63, 3.8) is 0 Å². The number of hydrogen-bond acceptors (Lipinski definition) is 3. The molecule has 58 valence electrons. The molecule has 0 aromatic carbocycles. The monoisotopic (exact) mass is 147 g/mol. The van der Waals surface area contributed by atoms with E-state index in [1.165, 1.54) is 14.0 Å². The summed E-state index contributed by atoms with van der Waals surface area (Å²) in [6, 6.07) is -0.910. The molecule has 2 N–H and O–H groups in total. The minimum absolute atomic E-state index is 0.741. The van der Waals surface area contributed by atoms with Crippen LogP contribution in [0.3, 0.4) is 0 Å². The zero-order valence-corrected chi connectivity index (χ0v) is 5.75. The third kappa shape index (κ3) is 2.91. The fraction of sp³-hybridized carbons (Fsp3) is 0.600. The van der Waals surface area contributed by atoms with E-state index >= 15 is 0 Å². The molecule has 0 radical (unpaired) electrons. The second-order valence-electron chi connectivity index (χ2n) is 1.70. The molecule has 0 saturated carbocycles. The number of methoxy groups -OCH3 is 1. The van der Waals surface area contributed by atoms with Crippen LogP contribution in [0.1, 0.15) is 6.92 Å². The summed E-state index contributed by atoms with van der Waals surface area (Å²) in [6.07, 6.45) is -0.741. The Hall–Kier alpha value is -1.26. The van der Waals surface area contributed by atoms with Crippen LogP contribution < -0.4 is 5.32 Å². The minimum atomic E-state index is -1.09. The summed E-state index contributed by atoms with van der Waals surface area (Å²) in [6.45, 7) is 1.35. The molecule has 0 aliphatic carbocycles. The number of alkyl carbamates (subject to hydrolysis) is 1. The van der Waals surface area contributed by atoms with Gasteiger partial charge in [-0.1, -0.05) is 0 Å². The Morgan fingerprint density at radius 2 is 2.10 bits per heavy atom. The fourth-order valence-electron chi connectivity index (χ4n) is 0.297. The first-order valence-electron chi connectivity index (χ1n) is 2.65. The van der Waals surface area contributed by atoms with E-state index in [-0.39, 0.29) is 0 Å². The number of carboxylic acids is 1. The summed E-state index contributed by atoms with van der Waals surface area (Å²) in [4.78, 5) is 20.4. The summed E-state index contributed by atoms with van der Waals surface area (Å²) >= 11 is 0. The molecule has 10 heavy (non-hydrogen) atoms. The lowest BCUT2D eigenvalue weighted by Gasteiger charge is -2.06. The van der Waals surface area contributed by atoms with Crippen LogP contribution in [0.5, 0.6) is 0 Å². The zero-order valence-electron chi connectivity index (χ0n) is 5.75. The van der Waals surface area contributed by atoms with Gasteiger partial charge in [-0.05, 0) is 6.92 Å². The van der Waals surface area contributed by atoms with E-state index in [2.05, 4.69) is 10.1 Å². The Kier molecular flexibility index (Phi) is 3.24. The van der Waals surface area contributed by atoms with Gasteiger partial charge in [-0.25, -0.2) is 4.79 Å². The normalized spacial score (nSPS) is 11.8. The van der Waals surface area contributed by atoms with Gasteiger partial charge in [0, 0.05) is 0 Å². The Balaban J connectivity index is 3.68. The highest BCUT2D eigenvalue weighted by molar-refractivity contribution is 5.79. The molecule has 1 amide bonds. The molecule has 5 heteroatoms. The standard InChI is InChI=1S/C5H9NO4/c1-3(4(7)8)6-5(9)10-2/h3H,1-2H3,(H,6,9)(H,7,8). The van der Waals surface area contributed by atoms with Crippen molar-refractivity contribution < 1.29 is 19.4 Å². The van der Waals surface area contributed by atoms with Crippen LogP contribution in [0.25, 0.3) is 0 Å². The highest BCUT2D eigenvalue weighted by Crippen LogP contribution is 1.81. The van der Waals surface area contributed by atoms with Crippen molar-refractivity contribution in [2.75, 3.05) is 7.11 Å². The van der Waals surface area contributed by atoms with E-state index in [0.717, 1.165) is 0 Å². The second kappa shape index (κ2) is 3.71. The molecule has 0 fully saturated rings. The van der Waals surface area contributed by atoms with Gasteiger partial charge < -0.3 is 15.2 Å². The van der Waals surface area contributed by atoms with Crippen molar-refractivity contribution in [3.8, 4) is 0 Å². The van der Waals surface area contributed by atoms with E-state index in [1.807, 2.05) is 0 Å². The number of ether oxygens (including phenoxy) is 1. The Morgan fingerprint density at radius 1 is 1.60 bits per heavy atom. The molecule has 0 aliphatic rings. The van der Waals surface area contributed by atoms with Crippen LogP contribution in [0.4, 0.5) is 4.79 Å². The smallest absolute Gasteiger partial charge is 0.407 e. The number of hydrogen-bond donors (Lipinski definition) is 2. The molecule has 0 aliphatic heterocycles. The van der Waals surface area contributed by atoms with Gasteiger partial charge in [0.2, 0.25) is 0 Å². The average Bonchev–Trinajstić information content (AvgIpc) is 1.87. The summed E-state index contributed by atoms with van der Waals surface area (Å²) in [5.41, 5.74) is 0. The van der Waals surface area contributed by atoms with Crippen molar-refractivity contribution in [2.45, 2.75) is 13.0 Å². The van der Waals surface area contributed by atoms with Gasteiger partial charge in [0.15, 0.2) is 0 Å². The molecular weight excluding hydrogens is 138 g/mol. The predicted octanol–water partition coefficient (Wildman–Crippen LogP) is -0.185. The van der Waals surface area contributed by atoms with E-state index in [1.54, 1.807) is 0 Å². The molecule has 0 heterocycles. The molecule has 0 aromatic heterocycles. The van der Waals surface area contributed by atoms with Gasteiger partial charge in [-0.15, -0.1) is 0 Å². The maximum atomic E-state index is 10.3. The highest BCUT2D eigenvalue weighted by Gasteiger charge is 2.12. The van der Waals surface area contributed by atoms with Gasteiger partial charge in [0.05, 0.1) is 7.11 Å². The largest absolute Gasteiger partial charge is 0.480 e. The van der Waals surface area contributed by atoms with Gasteiger partial charge in [0.1, 0.15) is 6.04 Å². The van der Waals surface area contributed by atoms with Crippen molar-refractivity contribution in [1.29, 1.82) is 0 Å². The molecule has 0 spiro atoms. The summed E-state index contributed by atoms with van der Waals surface area (Å²) in [7, 11) is 1.17. The minimum Gasteiger partial charge on any atom is -0.480 e. The predicted molar refractivity (Wildman–Crippen MR) is 32.6 cm³/mol. The van der Waals surface area contributed by atoms with Crippen LogP contribution in [-0.4, -0.2) is 30.3 Å². The lowest BCUT2D eigenvalue weighted by molar-refractivity contribution is -0.138. The third-order valence-corrected chi connectivity index (χ3v) is 0.890. The van der Waals surface area contributed by atoms with E-state index in [4.69, 9.17) is 5.11 Å². The van der Waals surface area contributed by atoms with Crippen molar-refractivity contribution >= 4 is 12.1 Å². The van der Waals surface area contributed by atoms with Crippen LogP contribution in [0, 0.1) is 0 Å². The van der Waals surface area contributed by atoms with Gasteiger partial charge >= 0.3 is 12.1 Å². The van der Waals surface area contributed by atoms with Crippen LogP contribution >= 0.6 is 0 Å². The Morgan fingerprint density at radius 3 is 2.40 bits per heavy atom. The quantitative estimate of drug-likeness (QED) is 0.567. The topological polar surface area (TPSA) is 75.6 Å². The van der Waals surface area contributed by atoms with E-state index in [0.29, 0.717) is 0 Å². The summed E-state index contributed by atoms with van der Waals surface area (Å²) in [5, 5.41) is 10.3. The lowest BCUT2D eigenvalue weighted by Crippen LogP contribution is -2.38. The van der Waals surface area contributed by atoms with Crippen molar-refractivity contribution in [3.05, 3.63) is 0 Å². The Labute approximate surface area is 58.0 Å². The lowest BCUT2D eigenvalue weighted by atomic mass is 10.4. The first-order chi connectivity index (χ1) is 4.57. The molecule has 0 aromatic rings. The van der Waals surface area contributed by atoms with Crippen LogP contribution in [-0.2, 0) is 9.53 Å². The van der Waals surface area contributed by atoms with Crippen LogP contribution in [0.2, 0.25) is 0 Å². The molecule has 1 unspecified atom stereocenters. The SMILES string of the molecule is COC(=O)NC(C)C(=O)O. The van der Waals surface area contributed by atoms with E-state index < -0.39 is 18.1 Å². The third-order valence-electron chi connectivity index (χ3n) is 0.890. The molecular formula is C5H9NO4. The van der Waals surface area contributed by atoms with Crippen molar-refractivity contribution in [2.24, 2.45) is 0 Å². The number of rotatable bonds is 2. The maximum absolute atomic E-state index is 10.3. The summed E-state index contributed by atoms with van der Waals surface area (Å²) in [5.74, 6) is -1.09. The zero-order chi connectivity index (χ0) is 8.15. The van der Waals surface area contributed by atoms with E-state index in [9.17, 15) is 9.59 Å². The number of nitrogens with one attached hydrogen (secondary N) is 1.